The molecule has 0 radical (unpaired) electrons. The van der Waals surface area contributed by atoms with Gasteiger partial charge >= 0.3 is 5.97 Å². The fourth-order valence-corrected chi connectivity index (χ4v) is 2.12. The second kappa shape index (κ2) is 6.96. The molecule has 0 amide bonds. The van der Waals surface area contributed by atoms with E-state index in [1.807, 2.05) is 54.6 Å². The minimum atomic E-state index is -0.535. The van der Waals surface area contributed by atoms with Crippen LogP contribution in [0.2, 0.25) is 0 Å². The van der Waals surface area contributed by atoms with Crippen LogP contribution in [0.15, 0.2) is 54.6 Å². The van der Waals surface area contributed by atoms with E-state index in [1.165, 1.54) is 7.11 Å². The number of halogens is 1. The highest BCUT2D eigenvalue weighted by Gasteiger charge is 2.20. The van der Waals surface area contributed by atoms with Crippen molar-refractivity contribution in [2.24, 2.45) is 0 Å². The first-order valence-electron chi connectivity index (χ1n) is 6.29. The summed E-state index contributed by atoms with van der Waals surface area (Å²) >= 11 is 5.82. The van der Waals surface area contributed by atoms with Gasteiger partial charge in [-0.05, 0) is 23.3 Å². The zero-order chi connectivity index (χ0) is 14.4. The molecule has 0 saturated carbocycles. The van der Waals surface area contributed by atoms with E-state index in [2.05, 4.69) is 5.32 Å². The molecule has 1 atom stereocenters. The van der Waals surface area contributed by atoms with Crippen molar-refractivity contribution in [3.63, 3.8) is 0 Å². The third kappa shape index (κ3) is 3.52. The van der Waals surface area contributed by atoms with E-state index in [1.54, 1.807) is 0 Å². The quantitative estimate of drug-likeness (QED) is 0.673. The first kappa shape index (κ1) is 14.4. The molecular weight excluding hydrogens is 274 g/mol. The van der Waals surface area contributed by atoms with Crippen LogP contribution in [0.4, 0.5) is 5.69 Å². The number of anilines is 1. The zero-order valence-electron chi connectivity index (χ0n) is 11.2. The van der Waals surface area contributed by atoms with E-state index < -0.39 is 6.04 Å². The average Bonchev–Trinajstić information content (AvgIpc) is 2.53. The minimum Gasteiger partial charge on any atom is -0.467 e. The molecule has 0 aliphatic carbocycles. The first-order chi connectivity index (χ1) is 9.74. The Balaban J connectivity index is 2.26. The maximum absolute atomic E-state index is 12.0. The third-order valence-electron chi connectivity index (χ3n) is 2.96. The standard InChI is InChI=1S/C16H16ClNO2/c1-20-16(19)15(13-7-3-2-4-8-13)18-14-9-5-6-12(10-14)11-17/h2-10,15,18H,11H2,1H3. The van der Waals surface area contributed by atoms with Gasteiger partial charge in [-0.25, -0.2) is 4.79 Å². The topological polar surface area (TPSA) is 38.3 Å². The number of hydrogen-bond acceptors (Lipinski definition) is 3. The molecule has 0 bridgehead atoms. The van der Waals surface area contributed by atoms with Crippen molar-refractivity contribution in [3.8, 4) is 0 Å². The molecule has 4 heteroatoms. The summed E-state index contributed by atoms with van der Waals surface area (Å²) in [5.74, 6) is 0.108. The van der Waals surface area contributed by atoms with Crippen LogP contribution in [0.1, 0.15) is 17.2 Å². The summed E-state index contributed by atoms with van der Waals surface area (Å²) in [6, 6.07) is 16.6. The molecule has 2 aromatic carbocycles. The van der Waals surface area contributed by atoms with Crippen molar-refractivity contribution < 1.29 is 9.53 Å². The van der Waals surface area contributed by atoms with Gasteiger partial charge in [0.25, 0.3) is 0 Å². The van der Waals surface area contributed by atoms with Gasteiger partial charge in [-0.15, -0.1) is 11.6 Å². The number of hydrogen-bond donors (Lipinski definition) is 1. The van der Waals surface area contributed by atoms with Crippen LogP contribution >= 0.6 is 11.6 Å². The van der Waals surface area contributed by atoms with Gasteiger partial charge in [0.1, 0.15) is 0 Å². The molecule has 0 heterocycles. The maximum Gasteiger partial charge on any atom is 0.332 e. The molecule has 3 nitrogen and oxygen atoms in total. The van der Waals surface area contributed by atoms with Crippen LogP contribution in [0.5, 0.6) is 0 Å². The van der Waals surface area contributed by atoms with Gasteiger partial charge < -0.3 is 10.1 Å². The number of nitrogens with one attached hydrogen (secondary N) is 1. The van der Waals surface area contributed by atoms with Gasteiger partial charge in [-0.2, -0.15) is 0 Å². The average molecular weight is 290 g/mol. The highest BCUT2D eigenvalue weighted by molar-refractivity contribution is 6.17. The van der Waals surface area contributed by atoms with E-state index in [-0.39, 0.29) is 5.97 Å². The van der Waals surface area contributed by atoms with Gasteiger partial charge in [0.05, 0.1) is 7.11 Å². The lowest BCUT2D eigenvalue weighted by Gasteiger charge is -2.18. The Bertz CT molecular complexity index is 572. The van der Waals surface area contributed by atoms with Gasteiger partial charge in [0.2, 0.25) is 0 Å². The van der Waals surface area contributed by atoms with Gasteiger partial charge in [0.15, 0.2) is 6.04 Å². The summed E-state index contributed by atoms with van der Waals surface area (Å²) in [4.78, 5) is 12.0. The van der Waals surface area contributed by atoms with Gasteiger partial charge in [-0.1, -0.05) is 42.5 Å². The molecule has 20 heavy (non-hydrogen) atoms. The minimum absolute atomic E-state index is 0.326. The predicted molar refractivity (Wildman–Crippen MR) is 80.8 cm³/mol. The number of esters is 1. The molecule has 0 aromatic heterocycles. The first-order valence-corrected chi connectivity index (χ1v) is 6.82. The van der Waals surface area contributed by atoms with Crippen LogP contribution in [-0.2, 0) is 15.4 Å². The Morgan fingerprint density at radius 3 is 2.60 bits per heavy atom. The van der Waals surface area contributed by atoms with E-state index in [9.17, 15) is 4.79 Å². The predicted octanol–water partition coefficient (Wildman–Crippen LogP) is 3.75. The van der Waals surface area contributed by atoms with Gasteiger partial charge in [0, 0.05) is 11.6 Å². The largest absolute Gasteiger partial charge is 0.467 e. The summed E-state index contributed by atoms with van der Waals surface area (Å²) in [6.07, 6.45) is 0. The fraction of sp³-hybridized carbons (Fsp3) is 0.188. The van der Waals surface area contributed by atoms with Gasteiger partial charge in [-0.3, -0.25) is 0 Å². The molecule has 104 valence electrons. The summed E-state index contributed by atoms with van der Waals surface area (Å²) in [5.41, 5.74) is 2.69. The SMILES string of the molecule is COC(=O)C(Nc1cccc(CCl)c1)c1ccccc1. The second-order valence-electron chi connectivity index (χ2n) is 4.35. The molecular formula is C16H16ClNO2. The van der Waals surface area contributed by atoms with Crippen LogP contribution in [0.25, 0.3) is 0 Å². The van der Waals surface area contributed by atoms with Crippen LogP contribution in [-0.4, -0.2) is 13.1 Å². The Labute approximate surface area is 123 Å². The van der Waals surface area contributed by atoms with Crippen molar-refractivity contribution in [2.45, 2.75) is 11.9 Å². The number of benzene rings is 2. The van der Waals surface area contributed by atoms with E-state index in [0.29, 0.717) is 5.88 Å². The monoisotopic (exact) mass is 289 g/mol. The lowest BCUT2D eigenvalue weighted by molar-refractivity contribution is -0.141. The molecule has 0 spiro atoms. The van der Waals surface area contributed by atoms with Crippen LogP contribution < -0.4 is 5.32 Å². The van der Waals surface area contributed by atoms with Crippen molar-refractivity contribution in [2.75, 3.05) is 12.4 Å². The van der Waals surface area contributed by atoms with Crippen molar-refractivity contribution in [1.82, 2.24) is 0 Å². The molecule has 0 aliphatic rings. The molecule has 0 fully saturated rings. The van der Waals surface area contributed by atoms with E-state index in [0.717, 1.165) is 16.8 Å². The highest BCUT2D eigenvalue weighted by Crippen LogP contribution is 2.22. The molecule has 0 saturated heterocycles. The van der Waals surface area contributed by atoms with Crippen LogP contribution in [0, 0.1) is 0 Å². The van der Waals surface area contributed by atoms with Crippen molar-refractivity contribution in [3.05, 3.63) is 65.7 Å². The molecule has 0 aliphatic heterocycles. The fourth-order valence-electron chi connectivity index (χ4n) is 1.95. The Hall–Kier alpha value is -2.00. The summed E-state index contributed by atoms with van der Waals surface area (Å²) in [6.45, 7) is 0. The molecule has 2 aromatic rings. The Kier molecular flexibility index (Phi) is 5.02. The Morgan fingerprint density at radius 2 is 1.95 bits per heavy atom. The van der Waals surface area contributed by atoms with Crippen LogP contribution in [0.3, 0.4) is 0 Å². The number of carbonyl (C=O) groups is 1. The molecule has 2 rings (SSSR count). The third-order valence-corrected chi connectivity index (χ3v) is 3.27. The summed E-state index contributed by atoms with van der Waals surface area (Å²) < 4.78 is 4.87. The molecule has 1 unspecified atom stereocenters. The number of ether oxygens (including phenoxy) is 1. The Morgan fingerprint density at radius 1 is 1.20 bits per heavy atom. The normalized spacial score (nSPS) is 11.7. The van der Waals surface area contributed by atoms with Crippen molar-refractivity contribution >= 4 is 23.3 Å². The number of methoxy groups -OCH3 is 1. The smallest absolute Gasteiger partial charge is 0.332 e. The van der Waals surface area contributed by atoms with Crippen molar-refractivity contribution in [1.29, 1.82) is 0 Å². The maximum atomic E-state index is 12.0. The van der Waals surface area contributed by atoms with E-state index >= 15 is 0 Å². The van der Waals surface area contributed by atoms with E-state index in [4.69, 9.17) is 16.3 Å². The summed E-state index contributed by atoms with van der Waals surface area (Å²) in [5, 5.41) is 3.19. The summed E-state index contributed by atoms with van der Waals surface area (Å²) in [7, 11) is 1.38. The second-order valence-corrected chi connectivity index (χ2v) is 4.61. The zero-order valence-corrected chi connectivity index (χ0v) is 11.9. The number of rotatable bonds is 5. The highest BCUT2D eigenvalue weighted by atomic mass is 35.5. The lowest BCUT2D eigenvalue weighted by atomic mass is 10.1. The molecule has 1 N–H and O–H groups in total. The lowest BCUT2D eigenvalue weighted by Crippen LogP contribution is -2.22. The number of alkyl halides is 1. The number of carbonyl (C=O) groups excluding carboxylic acids is 1.